The number of sulfone groups is 1. The van der Waals surface area contributed by atoms with Crippen LogP contribution in [0.4, 0.5) is 0 Å². The highest BCUT2D eigenvalue weighted by molar-refractivity contribution is 7.92. The van der Waals surface area contributed by atoms with Gasteiger partial charge in [0.2, 0.25) is 9.84 Å². The lowest BCUT2D eigenvalue weighted by Gasteiger charge is -2.03. The molecule has 0 saturated heterocycles. The highest BCUT2D eigenvalue weighted by atomic mass is 32.2. The van der Waals surface area contributed by atoms with Crippen molar-refractivity contribution in [2.24, 2.45) is 0 Å². The van der Waals surface area contributed by atoms with E-state index in [-0.39, 0.29) is 0 Å². The van der Waals surface area contributed by atoms with Gasteiger partial charge in [0.1, 0.15) is 0 Å². The Kier molecular flexibility index (Phi) is 3.14. The topological polar surface area (TPSA) is 52.0 Å². The van der Waals surface area contributed by atoms with Crippen LogP contribution < -0.4 is 0 Å². The molecule has 4 aromatic rings. The molecule has 0 spiro atoms. The zero-order valence-electron chi connectivity index (χ0n) is 13.7. The van der Waals surface area contributed by atoms with E-state index in [1.54, 1.807) is 29.1 Å². The van der Waals surface area contributed by atoms with Crippen LogP contribution in [0, 0.1) is 0 Å². The maximum Gasteiger partial charge on any atom is 0.207 e. The number of aromatic nitrogens is 2. The van der Waals surface area contributed by atoms with Crippen molar-refractivity contribution in [3.63, 3.8) is 0 Å². The molecule has 4 nitrogen and oxygen atoms in total. The summed E-state index contributed by atoms with van der Waals surface area (Å²) < 4.78 is 27.5. The molecule has 26 heavy (non-hydrogen) atoms. The van der Waals surface area contributed by atoms with Crippen LogP contribution in [0.2, 0.25) is 0 Å². The Morgan fingerprint density at radius 3 is 2.31 bits per heavy atom. The lowest BCUT2D eigenvalue weighted by atomic mass is 10.0. The highest BCUT2D eigenvalue weighted by Gasteiger charge is 2.32. The largest absolute Gasteiger partial charge is 0.240 e. The third kappa shape index (κ3) is 2.14. The summed E-state index contributed by atoms with van der Waals surface area (Å²) in [6, 6.07) is 22.5. The molecule has 0 atom stereocenters. The van der Waals surface area contributed by atoms with Crippen molar-refractivity contribution in [3.8, 4) is 27.9 Å². The number of rotatable bonds is 2. The van der Waals surface area contributed by atoms with Crippen LogP contribution in [0.3, 0.4) is 0 Å². The molecule has 0 fully saturated rings. The van der Waals surface area contributed by atoms with Crippen molar-refractivity contribution < 1.29 is 8.42 Å². The van der Waals surface area contributed by atoms with E-state index < -0.39 is 9.84 Å². The summed E-state index contributed by atoms with van der Waals surface area (Å²) in [6.07, 6.45) is 3.66. The van der Waals surface area contributed by atoms with Crippen molar-refractivity contribution in [1.29, 1.82) is 0 Å². The van der Waals surface area contributed by atoms with E-state index in [2.05, 4.69) is 5.10 Å². The fraction of sp³-hybridized carbons (Fsp3) is 0. The predicted molar refractivity (Wildman–Crippen MR) is 99.9 cm³/mol. The fourth-order valence-corrected chi connectivity index (χ4v) is 5.09. The highest BCUT2D eigenvalue weighted by Crippen LogP contribution is 2.44. The van der Waals surface area contributed by atoms with E-state index in [9.17, 15) is 8.42 Å². The molecule has 0 radical (unpaired) electrons. The first-order valence-corrected chi connectivity index (χ1v) is 9.72. The van der Waals surface area contributed by atoms with Crippen LogP contribution in [-0.4, -0.2) is 18.2 Å². The maximum atomic E-state index is 12.9. The minimum atomic E-state index is -3.47. The minimum Gasteiger partial charge on any atom is -0.240 e. The van der Waals surface area contributed by atoms with Gasteiger partial charge >= 0.3 is 0 Å². The van der Waals surface area contributed by atoms with Crippen molar-refractivity contribution >= 4 is 9.84 Å². The van der Waals surface area contributed by atoms with Gasteiger partial charge in [0, 0.05) is 22.9 Å². The van der Waals surface area contributed by atoms with Crippen molar-refractivity contribution in [3.05, 3.63) is 85.2 Å². The number of hydrogen-bond donors (Lipinski definition) is 0. The first-order valence-electron chi connectivity index (χ1n) is 8.24. The molecule has 1 aliphatic rings. The number of fused-ring (bicyclic) bond motifs is 3. The van der Waals surface area contributed by atoms with E-state index in [0.29, 0.717) is 9.79 Å². The van der Waals surface area contributed by atoms with Gasteiger partial charge in [-0.3, -0.25) is 0 Å². The molecule has 0 bridgehead atoms. The normalized spacial score (nSPS) is 14.0. The Balaban J connectivity index is 1.62. The monoisotopic (exact) mass is 358 g/mol. The molecule has 1 aromatic heterocycles. The predicted octanol–water partition coefficient (Wildman–Crippen LogP) is 4.35. The van der Waals surface area contributed by atoms with E-state index in [1.165, 1.54) is 0 Å². The van der Waals surface area contributed by atoms with E-state index in [1.807, 2.05) is 60.8 Å². The maximum absolute atomic E-state index is 12.9. The Labute approximate surface area is 151 Å². The van der Waals surface area contributed by atoms with Crippen LogP contribution in [0.1, 0.15) is 0 Å². The summed E-state index contributed by atoms with van der Waals surface area (Å²) in [4.78, 5) is 0.746. The molecular weight excluding hydrogens is 344 g/mol. The average Bonchev–Trinajstić information content (AvgIpc) is 3.26. The molecule has 5 rings (SSSR count). The zero-order valence-corrected chi connectivity index (χ0v) is 14.5. The van der Waals surface area contributed by atoms with Gasteiger partial charge in [0.05, 0.1) is 21.7 Å². The summed E-state index contributed by atoms with van der Waals surface area (Å²) >= 11 is 0. The molecule has 126 valence electrons. The van der Waals surface area contributed by atoms with Crippen LogP contribution >= 0.6 is 0 Å². The average molecular weight is 358 g/mol. The molecule has 0 N–H and O–H groups in total. The van der Waals surface area contributed by atoms with E-state index in [0.717, 1.165) is 27.9 Å². The van der Waals surface area contributed by atoms with Gasteiger partial charge in [-0.05, 0) is 29.8 Å². The van der Waals surface area contributed by atoms with Crippen molar-refractivity contribution in [1.82, 2.24) is 9.78 Å². The second-order valence-corrected chi connectivity index (χ2v) is 8.11. The number of nitrogens with zero attached hydrogens (tertiary/aromatic N) is 2. The molecule has 1 aliphatic heterocycles. The molecule has 2 heterocycles. The summed E-state index contributed by atoms with van der Waals surface area (Å²) in [6.45, 7) is 0. The van der Waals surface area contributed by atoms with E-state index in [4.69, 9.17) is 0 Å². The second kappa shape index (κ2) is 5.41. The molecular formula is C21H14N2O2S. The van der Waals surface area contributed by atoms with Gasteiger partial charge < -0.3 is 0 Å². The standard InChI is InChI=1S/C21H14N2O2S/c24-26(25)20-9-5-4-8-18(20)19-11-10-15(12-21(19)26)16-13-22-23(14-16)17-6-2-1-3-7-17/h1-14H. The van der Waals surface area contributed by atoms with Crippen molar-refractivity contribution in [2.75, 3.05) is 0 Å². The van der Waals surface area contributed by atoms with Gasteiger partial charge in [0.15, 0.2) is 0 Å². The van der Waals surface area contributed by atoms with Crippen LogP contribution in [0.5, 0.6) is 0 Å². The second-order valence-electron chi connectivity index (χ2n) is 6.22. The van der Waals surface area contributed by atoms with Crippen LogP contribution in [0.25, 0.3) is 27.9 Å². The molecule has 0 amide bonds. The molecule has 0 unspecified atom stereocenters. The summed E-state index contributed by atoms with van der Waals surface area (Å²) in [5, 5.41) is 4.40. The van der Waals surface area contributed by atoms with Crippen LogP contribution in [0.15, 0.2) is 95.0 Å². The fourth-order valence-electron chi connectivity index (χ4n) is 3.38. The third-order valence-corrected chi connectivity index (χ3v) is 6.53. The van der Waals surface area contributed by atoms with Crippen LogP contribution in [-0.2, 0) is 9.84 Å². The first kappa shape index (κ1) is 15.1. The summed E-state index contributed by atoms with van der Waals surface area (Å²) in [7, 11) is -3.47. The Morgan fingerprint density at radius 2 is 1.46 bits per heavy atom. The van der Waals surface area contributed by atoms with Gasteiger partial charge in [0.25, 0.3) is 0 Å². The lowest BCUT2D eigenvalue weighted by Crippen LogP contribution is -1.96. The molecule has 0 aliphatic carbocycles. The van der Waals surface area contributed by atoms with Gasteiger partial charge in [-0.25, -0.2) is 13.1 Å². The Bertz CT molecular complexity index is 1240. The quantitative estimate of drug-likeness (QED) is 0.471. The minimum absolute atomic E-state index is 0.365. The Morgan fingerprint density at radius 1 is 0.731 bits per heavy atom. The lowest BCUT2D eigenvalue weighted by molar-refractivity contribution is 0.598. The molecule has 3 aromatic carbocycles. The summed E-state index contributed by atoms with van der Waals surface area (Å²) in [5.74, 6) is 0. The first-order chi connectivity index (χ1) is 12.6. The van der Waals surface area contributed by atoms with E-state index >= 15 is 0 Å². The number of hydrogen-bond acceptors (Lipinski definition) is 3. The SMILES string of the molecule is O=S1(=O)c2ccccc2-c2ccc(-c3cnn(-c4ccccc4)c3)cc21. The smallest absolute Gasteiger partial charge is 0.207 e. The van der Waals surface area contributed by atoms with Gasteiger partial charge in [-0.2, -0.15) is 5.10 Å². The number of para-hydroxylation sites is 1. The van der Waals surface area contributed by atoms with Crippen molar-refractivity contribution in [2.45, 2.75) is 9.79 Å². The van der Waals surface area contributed by atoms with Gasteiger partial charge in [-0.1, -0.05) is 48.5 Å². The number of benzene rings is 3. The molecule has 0 saturated carbocycles. The Hall–Kier alpha value is -3.18. The summed E-state index contributed by atoms with van der Waals surface area (Å²) in [5.41, 5.74) is 4.21. The third-order valence-electron chi connectivity index (χ3n) is 4.67. The zero-order chi connectivity index (χ0) is 17.7. The van der Waals surface area contributed by atoms with Gasteiger partial charge in [-0.15, -0.1) is 0 Å². The molecule has 5 heteroatoms.